The van der Waals surface area contributed by atoms with Gasteiger partial charge in [0, 0.05) is 12.0 Å². The predicted octanol–water partition coefficient (Wildman–Crippen LogP) is 1.77. The molecule has 0 radical (unpaired) electrons. The summed E-state index contributed by atoms with van der Waals surface area (Å²) in [6.07, 6.45) is 0.545. The molecule has 8 heteroatoms. The van der Waals surface area contributed by atoms with Crippen LogP contribution < -0.4 is 10.5 Å². The number of hydrogen-bond acceptors (Lipinski definition) is 5. The van der Waals surface area contributed by atoms with Gasteiger partial charge < -0.3 is 10.0 Å². The lowest BCUT2D eigenvalue weighted by Gasteiger charge is -2.45. The first kappa shape index (κ1) is 19.2. The molecule has 2 saturated heterocycles. The lowest BCUT2D eigenvalue weighted by atomic mass is 9.81. The second-order valence-electron chi connectivity index (χ2n) is 9.15. The van der Waals surface area contributed by atoms with Gasteiger partial charge in [0.1, 0.15) is 23.9 Å². The molecule has 2 fully saturated rings. The molecule has 0 spiro atoms. The molecule has 1 aromatic heterocycles. The Labute approximate surface area is 183 Å². The van der Waals surface area contributed by atoms with Crippen molar-refractivity contribution in [2.45, 2.75) is 44.1 Å². The minimum Gasteiger partial charge on any atom is -0.381 e. The number of rotatable bonds is 2. The molecule has 0 aliphatic carbocycles. The van der Waals surface area contributed by atoms with Gasteiger partial charge in [0.15, 0.2) is 0 Å². The number of aromatic nitrogens is 2. The Balaban J connectivity index is 1.58. The van der Waals surface area contributed by atoms with Crippen molar-refractivity contribution in [3.05, 3.63) is 70.8 Å². The molecular weight excluding hydrogens is 408 g/mol. The van der Waals surface area contributed by atoms with E-state index in [1.807, 2.05) is 26.0 Å². The van der Waals surface area contributed by atoms with Gasteiger partial charge in [-0.25, -0.2) is 4.98 Å². The number of hydrogen-bond donors (Lipinski definition) is 1. The van der Waals surface area contributed by atoms with E-state index in [9.17, 15) is 19.5 Å². The number of amides is 2. The summed E-state index contributed by atoms with van der Waals surface area (Å²) in [4.78, 5) is 48.0. The van der Waals surface area contributed by atoms with Crippen LogP contribution >= 0.6 is 0 Å². The Morgan fingerprint density at radius 3 is 2.53 bits per heavy atom. The van der Waals surface area contributed by atoms with Crippen LogP contribution in [-0.2, 0) is 15.2 Å². The molecule has 32 heavy (non-hydrogen) atoms. The Morgan fingerprint density at radius 2 is 1.75 bits per heavy atom. The molecule has 8 nitrogen and oxygen atoms in total. The predicted molar refractivity (Wildman–Crippen MR) is 117 cm³/mol. The molecule has 0 unspecified atom stereocenters. The number of fused-ring (bicyclic) bond motifs is 4. The average Bonchev–Trinajstić information content (AvgIpc) is 3.24. The zero-order chi connectivity index (χ0) is 22.4. The third-order valence-electron chi connectivity index (χ3n) is 7.06. The van der Waals surface area contributed by atoms with E-state index in [4.69, 9.17) is 0 Å². The average molecular weight is 430 g/mol. The molecule has 0 saturated carbocycles. The van der Waals surface area contributed by atoms with Crippen molar-refractivity contribution >= 4 is 28.4 Å². The summed E-state index contributed by atoms with van der Waals surface area (Å²) in [5, 5.41) is 12.4. The standard InChI is InChI=1S/C24H22N4O4/c1-13(2)19-22(31)27-17-10-6-4-8-15(17)24(32)11-18(21(30)28(19)23(24)27)26-12-25-16-9-5-3-7-14(16)20(26)29/h3-10,12-13,18-19,23,32H,11H2,1-2H3/t18-,19+,23+,24-/m1/s1. The lowest BCUT2D eigenvalue weighted by Crippen LogP contribution is -2.61. The van der Waals surface area contributed by atoms with Crippen LogP contribution in [-0.4, -0.2) is 43.6 Å². The fraction of sp³-hybridized carbons (Fsp3) is 0.333. The van der Waals surface area contributed by atoms with Crippen molar-refractivity contribution in [3.8, 4) is 0 Å². The monoisotopic (exact) mass is 430 g/mol. The van der Waals surface area contributed by atoms with Crippen LogP contribution in [0.25, 0.3) is 10.9 Å². The highest BCUT2D eigenvalue weighted by atomic mass is 16.3. The Morgan fingerprint density at radius 1 is 1.03 bits per heavy atom. The highest BCUT2D eigenvalue weighted by molar-refractivity contribution is 6.07. The molecular formula is C24H22N4O4. The summed E-state index contributed by atoms with van der Waals surface area (Å²) in [6.45, 7) is 3.77. The van der Waals surface area contributed by atoms with E-state index in [-0.39, 0.29) is 29.7 Å². The van der Waals surface area contributed by atoms with Gasteiger partial charge in [-0.1, -0.05) is 44.2 Å². The van der Waals surface area contributed by atoms with Crippen LogP contribution in [0.4, 0.5) is 5.69 Å². The highest BCUT2D eigenvalue weighted by Gasteiger charge is 2.67. The van der Waals surface area contributed by atoms with Gasteiger partial charge in [-0.15, -0.1) is 0 Å². The van der Waals surface area contributed by atoms with Gasteiger partial charge in [-0.2, -0.15) is 0 Å². The Kier molecular flexibility index (Phi) is 3.75. The lowest BCUT2D eigenvalue weighted by molar-refractivity contribution is -0.160. The van der Waals surface area contributed by atoms with E-state index >= 15 is 0 Å². The summed E-state index contributed by atoms with van der Waals surface area (Å²) in [7, 11) is 0. The van der Waals surface area contributed by atoms with E-state index in [0.29, 0.717) is 22.2 Å². The van der Waals surface area contributed by atoms with E-state index in [1.165, 1.54) is 15.8 Å². The number of anilines is 1. The summed E-state index contributed by atoms with van der Waals surface area (Å²) in [6, 6.07) is 12.5. The largest absolute Gasteiger partial charge is 0.381 e. The fourth-order valence-electron chi connectivity index (χ4n) is 5.70. The van der Waals surface area contributed by atoms with E-state index < -0.39 is 23.9 Å². The maximum absolute atomic E-state index is 13.8. The van der Waals surface area contributed by atoms with Crippen LogP contribution in [0.1, 0.15) is 31.9 Å². The van der Waals surface area contributed by atoms with Crippen LogP contribution in [0, 0.1) is 5.92 Å². The van der Waals surface area contributed by atoms with E-state index in [0.717, 1.165) is 0 Å². The number of piperidine rings is 1. The van der Waals surface area contributed by atoms with Crippen LogP contribution in [0.15, 0.2) is 59.7 Å². The number of para-hydroxylation sites is 2. The van der Waals surface area contributed by atoms with Crippen molar-refractivity contribution in [1.29, 1.82) is 0 Å². The maximum atomic E-state index is 13.8. The quantitative estimate of drug-likeness (QED) is 0.669. The molecule has 0 bridgehead atoms. The molecule has 3 aliphatic heterocycles. The first-order valence-corrected chi connectivity index (χ1v) is 10.8. The van der Waals surface area contributed by atoms with Crippen molar-refractivity contribution in [3.63, 3.8) is 0 Å². The van der Waals surface area contributed by atoms with Crippen molar-refractivity contribution in [2.75, 3.05) is 4.90 Å². The topological polar surface area (TPSA) is 95.7 Å². The number of nitrogens with zero attached hydrogens (tertiary/aromatic N) is 4. The molecule has 6 rings (SSSR count). The SMILES string of the molecule is CC(C)[C@H]1C(=O)N2c3ccccc3[C@]3(O)C[C@@H](n4cnc5ccccc5c4=O)C(=O)N1[C@H]23. The molecule has 1 N–H and O–H groups in total. The molecule has 3 aromatic rings. The maximum Gasteiger partial charge on any atom is 0.261 e. The van der Waals surface area contributed by atoms with Crippen molar-refractivity contribution < 1.29 is 14.7 Å². The minimum atomic E-state index is -1.49. The van der Waals surface area contributed by atoms with Gasteiger partial charge in [-0.3, -0.25) is 23.9 Å². The van der Waals surface area contributed by atoms with Gasteiger partial charge in [-0.05, 0) is 24.1 Å². The van der Waals surface area contributed by atoms with Crippen molar-refractivity contribution in [1.82, 2.24) is 14.5 Å². The fourth-order valence-corrected chi connectivity index (χ4v) is 5.70. The third-order valence-corrected chi connectivity index (χ3v) is 7.06. The zero-order valence-corrected chi connectivity index (χ0v) is 17.7. The van der Waals surface area contributed by atoms with E-state index in [1.54, 1.807) is 41.3 Å². The van der Waals surface area contributed by atoms with Crippen LogP contribution in [0.3, 0.4) is 0 Å². The Hall–Kier alpha value is -3.52. The molecule has 162 valence electrons. The number of carbonyl (C=O) groups excluding carboxylic acids is 2. The molecule has 4 heterocycles. The summed E-state index contributed by atoms with van der Waals surface area (Å²) in [5.74, 6) is -0.703. The van der Waals surface area contributed by atoms with Crippen molar-refractivity contribution in [2.24, 2.45) is 5.92 Å². The smallest absolute Gasteiger partial charge is 0.261 e. The Bertz CT molecular complexity index is 1370. The normalized spacial score (nSPS) is 28.6. The third kappa shape index (κ3) is 2.20. The molecule has 2 amide bonds. The summed E-state index contributed by atoms with van der Waals surface area (Å²) in [5.41, 5.74) is -0.0619. The number of aliphatic hydroxyl groups is 1. The van der Waals surface area contributed by atoms with Gasteiger partial charge in [0.05, 0.1) is 22.9 Å². The van der Waals surface area contributed by atoms with Gasteiger partial charge in [0.25, 0.3) is 11.5 Å². The summed E-state index contributed by atoms with van der Waals surface area (Å²) < 4.78 is 1.31. The van der Waals surface area contributed by atoms with Crippen LogP contribution in [0.5, 0.6) is 0 Å². The first-order valence-electron chi connectivity index (χ1n) is 10.8. The molecule has 2 aromatic carbocycles. The van der Waals surface area contributed by atoms with Gasteiger partial charge >= 0.3 is 0 Å². The number of benzene rings is 2. The molecule has 3 aliphatic rings. The zero-order valence-electron chi connectivity index (χ0n) is 17.7. The summed E-state index contributed by atoms with van der Waals surface area (Å²) >= 11 is 0. The highest BCUT2D eigenvalue weighted by Crippen LogP contribution is 2.55. The first-order chi connectivity index (χ1) is 15.3. The number of carbonyl (C=O) groups is 2. The minimum absolute atomic E-state index is 0.0153. The van der Waals surface area contributed by atoms with E-state index in [2.05, 4.69) is 4.98 Å². The molecule has 4 atom stereocenters. The van der Waals surface area contributed by atoms with Crippen LogP contribution in [0.2, 0.25) is 0 Å². The van der Waals surface area contributed by atoms with Gasteiger partial charge in [0.2, 0.25) is 5.91 Å². The second kappa shape index (κ2) is 6.26. The second-order valence-corrected chi connectivity index (χ2v) is 9.15.